The van der Waals surface area contributed by atoms with E-state index in [4.69, 9.17) is 22.1 Å². The molecule has 0 bridgehead atoms. The van der Waals surface area contributed by atoms with Crippen LogP contribution in [-0.4, -0.2) is 53.9 Å². The number of nitrogens with zero attached hydrogens (tertiary/aromatic N) is 2. The smallest absolute Gasteiger partial charge is 0.261 e. The molecular formula is C26H25ClFN3O3. The van der Waals surface area contributed by atoms with Crippen molar-refractivity contribution in [2.75, 3.05) is 32.0 Å². The van der Waals surface area contributed by atoms with Crippen molar-refractivity contribution in [3.63, 3.8) is 0 Å². The van der Waals surface area contributed by atoms with Gasteiger partial charge in [-0.05, 0) is 55.7 Å². The lowest BCUT2D eigenvalue weighted by molar-refractivity contribution is 0.0455. The van der Waals surface area contributed by atoms with E-state index in [2.05, 4.69) is 4.90 Å². The Kier molecular flexibility index (Phi) is 6.15. The van der Waals surface area contributed by atoms with Gasteiger partial charge in [0.25, 0.3) is 11.8 Å². The average Bonchev–Trinajstić information content (AvgIpc) is 2.85. The van der Waals surface area contributed by atoms with Crippen LogP contribution < -0.4 is 10.5 Å². The molecule has 0 saturated carbocycles. The zero-order chi connectivity index (χ0) is 23.8. The van der Waals surface area contributed by atoms with Crippen LogP contribution in [-0.2, 0) is 0 Å². The SMILES string of the molecule is Nc1c(Cl)cc2c3c(cccc13)C(=O)N(C1CCN(CCCOc3ccc(F)cc3)CC1)C2=O. The first kappa shape index (κ1) is 22.6. The molecule has 2 N–H and O–H groups in total. The summed E-state index contributed by atoms with van der Waals surface area (Å²) >= 11 is 6.29. The van der Waals surface area contributed by atoms with E-state index in [1.54, 1.807) is 36.4 Å². The topological polar surface area (TPSA) is 75.9 Å². The van der Waals surface area contributed by atoms with Gasteiger partial charge in [-0.2, -0.15) is 0 Å². The van der Waals surface area contributed by atoms with Crippen molar-refractivity contribution in [1.29, 1.82) is 0 Å². The number of hydrogen-bond acceptors (Lipinski definition) is 5. The molecule has 34 heavy (non-hydrogen) atoms. The van der Waals surface area contributed by atoms with Gasteiger partial charge in [-0.3, -0.25) is 14.5 Å². The zero-order valence-electron chi connectivity index (χ0n) is 18.6. The van der Waals surface area contributed by atoms with Crippen LogP contribution in [0.15, 0.2) is 48.5 Å². The molecule has 0 aromatic heterocycles. The van der Waals surface area contributed by atoms with Crippen LogP contribution in [0, 0.1) is 5.82 Å². The van der Waals surface area contributed by atoms with Crippen molar-refractivity contribution in [3.05, 3.63) is 70.5 Å². The molecule has 2 aliphatic rings. The van der Waals surface area contributed by atoms with Gasteiger partial charge in [-0.1, -0.05) is 23.7 Å². The van der Waals surface area contributed by atoms with Crippen LogP contribution in [0.1, 0.15) is 40.0 Å². The van der Waals surface area contributed by atoms with Gasteiger partial charge in [-0.25, -0.2) is 4.39 Å². The molecule has 2 aliphatic heterocycles. The highest BCUT2D eigenvalue weighted by Gasteiger charge is 2.39. The minimum absolute atomic E-state index is 0.161. The number of likely N-dealkylation sites (tertiary alicyclic amines) is 1. The first-order valence-corrected chi connectivity index (χ1v) is 11.8. The van der Waals surface area contributed by atoms with Crippen LogP contribution in [0.4, 0.5) is 10.1 Å². The zero-order valence-corrected chi connectivity index (χ0v) is 19.4. The molecule has 0 radical (unpaired) electrons. The maximum absolute atomic E-state index is 13.4. The van der Waals surface area contributed by atoms with Crippen molar-refractivity contribution in [2.24, 2.45) is 0 Å². The summed E-state index contributed by atoms with van der Waals surface area (Å²) in [4.78, 5) is 30.4. The van der Waals surface area contributed by atoms with E-state index in [0.29, 0.717) is 57.8 Å². The number of piperidine rings is 1. The summed E-state index contributed by atoms with van der Waals surface area (Å²) in [6.45, 7) is 2.97. The van der Waals surface area contributed by atoms with Crippen LogP contribution in [0.2, 0.25) is 5.02 Å². The molecule has 3 aromatic rings. The van der Waals surface area contributed by atoms with Gasteiger partial charge >= 0.3 is 0 Å². The molecule has 1 saturated heterocycles. The Morgan fingerprint density at radius 2 is 1.74 bits per heavy atom. The third-order valence-electron chi connectivity index (χ3n) is 6.67. The maximum atomic E-state index is 13.4. The molecule has 8 heteroatoms. The van der Waals surface area contributed by atoms with E-state index in [1.807, 2.05) is 0 Å². The van der Waals surface area contributed by atoms with Crippen molar-refractivity contribution < 1.29 is 18.7 Å². The summed E-state index contributed by atoms with van der Waals surface area (Å²) in [5.74, 6) is -0.203. The lowest BCUT2D eigenvalue weighted by Crippen LogP contribution is -2.51. The van der Waals surface area contributed by atoms with E-state index >= 15 is 0 Å². The van der Waals surface area contributed by atoms with Crippen LogP contribution in [0.5, 0.6) is 5.75 Å². The van der Waals surface area contributed by atoms with E-state index in [-0.39, 0.29) is 23.7 Å². The Labute approximate surface area is 202 Å². The van der Waals surface area contributed by atoms with Crippen molar-refractivity contribution in [2.45, 2.75) is 25.3 Å². The number of hydrogen-bond donors (Lipinski definition) is 1. The van der Waals surface area contributed by atoms with Gasteiger partial charge in [0.05, 0.1) is 22.9 Å². The maximum Gasteiger partial charge on any atom is 0.261 e. The number of amides is 2. The molecule has 0 aliphatic carbocycles. The quantitative estimate of drug-likeness (QED) is 0.312. The highest BCUT2D eigenvalue weighted by Crippen LogP contribution is 2.38. The second-order valence-corrected chi connectivity index (χ2v) is 9.16. The predicted octanol–water partition coefficient (Wildman–Crippen LogP) is 4.74. The van der Waals surface area contributed by atoms with Gasteiger partial charge in [0, 0.05) is 42.0 Å². The van der Waals surface area contributed by atoms with Crippen molar-refractivity contribution in [3.8, 4) is 5.75 Å². The van der Waals surface area contributed by atoms with Crippen molar-refractivity contribution in [1.82, 2.24) is 9.80 Å². The lowest BCUT2D eigenvalue weighted by Gasteiger charge is -2.39. The molecule has 2 amide bonds. The summed E-state index contributed by atoms with van der Waals surface area (Å²) in [5, 5.41) is 1.55. The fourth-order valence-electron chi connectivity index (χ4n) is 4.91. The van der Waals surface area contributed by atoms with Gasteiger partial charge in [-0.15, -0.1) is 0 Å². The number of carbonyl (C=O) groups excluding carboxylic acids is 2. The van der Waals surface area contributed by atoms with Crippen LogP contribution in [0.25, 0.3) is 10.8 Å². The first-order chi connectivity index (χ1) is 16.4. The number of nitrogens with two attached hydrogens (primary N) is 1. The largest absolute Gasteiger partial charge is 0.494 e. The Hall–Kier alpha value is -3.16. The Morgan fingerprint density at radius 1 is 1.03 bits per heavy atom. The van der Waals surface area contributed by atoms with Gasteiger partial charge in [0.1, 0.15) is 11.6 Å². The summed E-state index contributed by atoms with van der Waals surface area (Å²) in [6.07, 6.45) is 2.26. The Morgan fingerprint density at radius 3 is 2.47 bits per heavy atom. The first-order valence-electron chi connectivity index (χ1n) is 11.4. The molecule has 1 fully saturated rings. The molecule has 2 heterocycles. The molecule has 5 rings (SSSR count). The van der Waals surface area contributed by atoms with E-state index in [1.165, 1.54) is 17.0 Å². The predicted molar refractivity (Wildman–Crippen MR) is 130 cm³/mol. The summed E-state index contributed by atoms with van der Waals surface area (Å²) in [6, 6.07) is 12.7. The number of carbonyl (C=O) groups is 2. The van der Waals surface area contributed by atoms with Crippen molar-refractivity contribution >= 4 is 39.9 Å². The number of rotatable bonds is 6. The Balaban J connectivity index is 1.21. The molecule has 6 nitrogen and oxygen atoms in total. The fraction of sp³-hybridized carbons (Fsp3) is 0.308. The van der Waals surface area contributed by atoms with Gasteiger partial charge < -0.3 is 15.4 Å². The van der Waals surface area contributed by atoms with Gasteiger partial charge in [0.15, 0.2) is 0 Å². The van der Waals surface area contributed by atoms with Crippen LogP contribution in [0.3, 0.4) is 0 Å². The molecule has 176 valence electrons. The van der Waals surface area contributed by atoms with E-state index < -0.39 is 0 Å². The minimum Gasteiger partial charge on any atom is -0.494 e. The number of imide groups is 1. The lowest BCUT2D eigenvalue weighted by atomic mass is 9.90. The highest BCUT2D eigenvalue weighted by atomic mass is 35.5. The molecular weight excluding hydrogens is 457 g/mol. The second-order valence-electron chi connectivity index (χ2n) is 8.76. The minimum atomic E-state index is -0.304. The normalized spacial score (nSPS) is 16.9. The number of ether oxygens (including phenoxy) is 1. The fourth-order valence-corrected chi connectivity index (χ4v) is 5.12. The average molecular weight is 482 g/mol. The highest BCUT2D eigenvalue weighted by molar-refractivity contribution is 6.37. The summed E-state index contributed by atoms with van der Waals surface area (Å²) in [5.41, 5.74) is 7.42. The van der Waals surface area contributed by atoms with Crippen LogP contribution >= 0.6 is 11.6 Å². The number of anilines is 1. The third-order valence-corrected chi connectivity index (χ3v) is 6.99. The number of nitrogen functional groups attached to an aromatic ring is 1. The Bertz CT molecular complexity index is 1260. The standard InChI is InChI=1S/C26H25ClFN3O3/c27-22-15-21-23-19(24(22)29)3-1-4-20(23)25(32)31(26(21)33)17-9-12-30(13-10-17)11-2-14-34-18-7-5-16(28)6-8-18/h1,3-8,15,17H,2,9-14,29H2. The molecule has 0 atom stereocenters. The summed E-state index contributed by atoms with van der Waals surface area (Å²) in [7, 11) is 0. The molecule has 0 unspecified atom stereocenters. The monoisotopic (exact) mass is 481 g/mol. The van der Waals surface area contributed by atoms with E-state index in [9.17, 15) is 14.0 Å². The number of halogens is 2. The molecule has 3 aromatic carbocycles. The third kappa shape index (κ3) is 4.10. The number of benzene rings is 3. The van der Waals surface area contributed by atoms with E-state index in [0.717, 1.165) is 26.1 Å². The second kappa shape index (κ2) is 9.24. The van der Waals surface area contributed by atoms with Gasteiger partial charge in [0.2, 0.25) is 0 Å². The molecule has 0 spiro atoms. The summed E-state index contributed by atoms with van der Waals surface area (Å²) < 4.78 is 18.6.